The molecule has 0 saturated heterocycles. The van der Waals surface area contributed by atoms with E-state index in [-0.39, 0.29) is 0 Å². The zero-order valence-corrected chi connectivity index (χ0v) is 56.6. The van der Waals surface area contributed by atoms with Crippen LogP contribution in [0.3, 0.4) is 0 Å². The number of hydrogen-bond donors (Lipinski definition) is 0. The van der Waals surface area contributed by atoms with Crippen LogP contribution in [0.1, 0.15) is 0 Å². The molecular formula is C100H62N4. The first-order valence-corrected chi connectivity index (χ1v) is 35.8. The van der Waals surface area contributed by atoms with Gasteiger partial charge in [0, 0.05) is 44.0 Å². The molecule has 0 saturated carbocycles. The lowest BCUT2D eigenvalue weighted by Crippen LogP contribution is -1.99. The molecule has 0 fully saturated rings. The van der Waals surface area contributed by atoms with Crippen LogP contribution in [-0.2, 0) is 0 Å². The zero-order chi connectivity index (χ0) is 68.3. The van der Waals surface area contributed by atoms with Crippen molar-refractivity contribution >= 4 is 108 Å². The molecule has 4 nitrogen and oxygen atoms in total. The number of fused-ring (bicyclic) bond motifs is 16. The number of hydrogen-bond acceptors (Lipinski definition) is 2. The van der Waals surface area contributed by atoms with Gasteiger partial charge < -0.3 is 0 Å². The Kier molecular flexibility index (Phi) is 13.6. The van der Waals surface area contributed by atoms with Gasteiger partial charge in [0.05, 0.1) is 22.1 Å². The maximum absolute atomic E-state index is 5.75. The molecule has 0 aliphatic heterocycles. The summed E-state index contributed by atoms with van der Waals surface area (Å²) in [6.45, 7) is 0. The Morgan fingerprint density at radius 3 is 0.856 bits per heavy atom. The van der Waals surface area contributed by atoms with E-state index in [1.165, 1.54) is 76.5 Å². The lowest BCUT2D eigenvalue weighted by Gasteiger charge is -2.20. The molecule has 4 heteroatoms. The van der Waals surface area contributed by atoms with Gasteiger partial charge in [-0.25, -0.2) is 9.97 Å². The lowest BCUT2D eigenvalue weighted by atomic mass is 9.83. The molecule has 0 amide bonds. The first kappa shape index (κ1) is 59.1. The molecule has 2 heterocycles. The Labute approximate surface area is 600 Å². The van der Waals surface area contributed by atoms with Gasteiger partial charge in [0.15, 0.2) is 0 Å². The third-order valence-electron chi connectivity index (χ3n) is 21.7. The van der Waals surface area contributed by atoms with Crippen molar-refractivity contribution in [3.8, 4) is 101 Å². The van der Waals surface area contributed by atoms with Crippen molar-refractivity contribution < 1.29 is 0 Å². The molecule has 0 N–H and O–H groups in total. The smallest absolute Gasteiger partial charge is 0.145 e. The third-order valence-corrected chi connectivity index (χ3v) is 21.7. The molecule has 21 rings (SSSR count). The molecule has 0 bridgehead atoms. The van der Waals surface area contributed by atoms with Crippen LogP contribution in [-0.4, -0.2) is 19.1 Å². The summed E-state index contributed by atoms with van der Waals surface area (Å²) >= 11 is 0. The first-order chi connectivity index (χ1) is 51.6. The van der Waals surface area contributed by atoms with Gasteiger partial charge >= 0.3 is 0 Å². The summed E-state index contributed by atoms with van der Waals surface area (Å²) in [5.74, 6) is 1.76. The molecule has 2 aromatic heterocycles. The molecule has 19 aromatic carbocycles. The summed E-state index contributed by atoms with van der Waals surface area (Å²) < 4.78 is 4.79. The monoisotopic (exact) mass is 1320 g/mol. The van der Waals surface area contributed by atoms with Crippen LogP contribution in [0.4, 0.5) is 0 Å². The largest absolute Gasteiger partial charge is 0.292 e. The summed E-state index contributed by atoms with van der Waals surface area (Å²) in [5.41, 5.74) is 22.2. The number of nitrogens with zero attached hydrogens (tertiary/aromatic N) is 4. The molecule has 0 unspecified atom stereocenters. The summed E-state index contributed by atoms with van der Waals surface area (Å²) in [6, 6.07) is 138. The van der Waals surface area contributed by atoms with Crippen LogP contribution in [0.5, 0.6) is 0 Å². The van der Waals surface area contributed by atoms with E-state index in [0.717, 1.165) is 133 Å². The Bertz CT molecular complexity index is 6590. The standard InChI is InChI=1S/C100H62N4/c1-3-21-63(22-4-1)65-49-55-75(56-50-65)103-97-89-37-17-13-33-83(89)81-31-11-15-35-87(81)95(97)101-99(103)71-45-41-69(42-46-71)93-85-59-53-74(80-40-20-28-68-26-8-10-30-78(68)80)62-92(85)94(86-60-54-73(61-91(86)93)79-39-19-27-67-25-7-9-29-77(67)79)70-43-47-72(48-44-70)100-102-96-88-36-16-12-32-82(88)84-34-14-18-38-90(84)98(96)104(100)76-57-51-66(52-58-76)64-23-5-2-6-24-64/h1-62H. The highest BCUT2D eigenvalue weighted by Crippen LogP contribution is 2.49. The molecule has 0 radical (unpaired) electrons. The minimum absolute atomic E-state index is 0.880. The minimum atomic E-state index is 0.880. The summed E-state index contributed by atoms with van der Waals surface area (Å²) in [4.78, 5) is 11.5. The van der Waals surface area contributed by atoms with E-state index in [4.69, 9.17) is 9.97 Å². The highest BCUT2D eigenvalue weighted by Gasteiger charge is 2.26. The quantitative estimate of drug-likeness (QED) is 0.101. The second-order valence-corrected chi connectivity index (χ2v) is 27.4. The Morgan fingerprint density at radius 1 is 0.173 bits per heavy atom. The Hall–Kier alpha value is -13.8. The fourth-order valence-electron chi connectivity index (χ4n) is 16.9. The van der Waals surface area contributed by atoms with E-state index in [9.17, 15) is 0 Å². The van der Waals surface area contributed by atoms with Crippen molar-refractivity contribution in [3.05, 3.63) is 376 Å². The van der Waals surface area contributed by atoms with Gasteiger partial charge in [-0.15, -0.1) is 0 Å². The van der Waals surface area contributed by atoms with E-state index in [2.05, 4.69) is 385 Å². The van der Waals surface area contributed by atoms with E-state index in [0.29, 0.717) is 0 Å². The normalized spacial score (nSPS) is 11.8. The van der Waals surface area contributed by atoms with Crippen molar-refractivity contribution in [1.29, 1.82) is 0 Å². The number of aromatic nitrogens is 4. The third kappa shape index (κ3) is 9.46. The fourth-order valence-corrected chi connectivity index (χ4v) is 16.9. The van der Waals surface area contributed by atoms with Crippen molar-refractivity contribution in [2.24, 2.45) is 0 Å². The van der Waals surface area contributed by atoms with Gasteiger partial charge in [-0.05, 0) is 168 Å². The fraction of sp³-hybridized carbons (Fsp3) is 0. The molecule has 0 atom stereocenters. The average molecular weight is 1320 g/mol. The van der Waals surface area contributed by atoms with Crippen molar-refractivity contribution in [2.75, 3.05) is 0 Å². The topological polar surface area (TPSA) is 35.6 Å². The van der Waals surface area contributed by atoms with Gasteiger partial charge in [0.1, 0.15) is 11.6 Å². The van der Waals surface area contributed by atoms with Crippen LogP contribution in [0.25, 0.3) is 209 Å². The van der Waals surface area contributed by atoms with Crippen LogP contribution in [0, 0.1) is 0 Å². The SMILES string of the molecule is c1ccc(-c2ccc(-n3c(-c4ccc(-c5c6ccc(-c7cccc8ccccc78)cc6c(-c6ccc(-c7nc8c9ccccc9c9ccccc9c8n7-c7ccc(-c8ccccc8)cc7)cc6)c6ccc(-c7cccc8ccccc78)cc56)cc4)nc4c5ccccc5c5ccccc5c43)cc2)cc1. The van der Waals surface area contributed by atoms with E-state index in [1.54, 1.807) is 0 Å². The number of rotatable bonds is 10. The summed E-state index contributed by atoms with van der Waals surface area (Å²) in [7, 11) is 0. The highest BCUT2D eigenvalue weighted by atomic mass is 15.1. The molecule has 21 aromatic rings. The second kappa shape index (κ2) is 24.0. The number of imidazole rings is 2. The second-order valence-electron chi connectivity index (χ2n) is 27.4. The Balaban J connectivity index is 0.795. The summed E-state index contributed by atoms with van der Waals surface area (Å²) in [5, 5.41) is 18.9. The summed E-state index contributed by atoms with van der Waals surface area (Å²) in [6.07, 6.45) is 0. The number of benzene rings is 19. The maximum atomic E-state index is 5.75. The van der Waals surface area contributed by atoms with Crippen LogP contribution in [0.2, 0.25) is 0 Å². The molecule has 0 aliphatic rings. The van der Waals surface area contributed by atoms with Gasteiger partial charge in [-0.3, -0.25) is 9.13 Å². The van der Waals surface area contributed by atoms with Crippen molar-refractivity contribution in [2.45, 2.75) is 0 Å². The van der Waals surface area contributed by atoms with Gasteiger partial charge in [-0.2, -0.15) is 0 Å². The molecular weight excluding hydrogens is 1260 g/mol. The van der Waals surface area contributed by atoms with Crippen LogP contribution >= 0.6 is 0 Å². The van der Waals surface area contributed by atoms with Gasteiger partial charge in [0.25, 0.3) is 0 Å². The molecule has 482 valence electrons. The predicted octanol–water partition coefficient (Wildman–Crippen LogP) is 26.9. The van der Waals surface area contributed by atoms with Crippen molar-refractivity contribution in [3.63, 3.8) is 0 Å². The van der Waals surface area contributed by atoms with E-state index >= 15 is 0 Å². The van der Waals surface area contributed by atoms with E-state index < -0.39 is 0 Å². The molecule has 0 spiro atoms. The predicted molar refractivity (Wildman–Crippen MR) is 439 cm³/mol. The van der Waals surface area contributed by atoms with Crippen LogP contribution < -0.4 is 0 Å². The Morgan fingerprint density at radius 2 is 0.462 bits per heavy atom. The van der Waals surface area contributed by atoms with Crippen molar-refractivity contribution in [1.82, 2.24) is 19.1 Å². The first-order valence-electron chi connectivity index (χ1n) is 35.8. The van der Waals surface area contributed by atoms with Gasteiger partial charge in [0.2, 0.25) is 0 Å². The highest BCUT2D eigenvalue weighted by molar-refractivity contribution is 6.27. The average Bonchev–Trinajstić information content (AvgIpc) is 1.53. The molecule has 104 heavy (non-hydrogen) atoms. The van der Waals surface area contributed by atoms with E-state index in [1.807, 2.05) is 0 Å². The van der Waals surface area contributed by atoms with Crippen LogP contribution in [0.15, 0.2) is 376 Å². The lowest BCUT2D eigenvalue weighted by molar-refractivity contribution is 1.11. The minimum Gasteiger partial charge on any atom is -0.292 e. The molecule has 0 aliphatic carbocycles. The van der Waals surface area contributed by atoms with Gasteiger partial charge in [-0.1, -0.05) is 340 Å². The zero-order valence-electron chi connectivity index (χ0n) is 56.6. The maximum Gasteiger partial charge on any atom is 0.145 e.